The molecule has 0 saturated heterocycles. The first kappa shape index (κ1) is 17.2. The summed E-state index contributed by atoms with van der Waals surface area (Å²) in [7, 11) is -3.89. The molecule has 0 aliphatic heterocycles. The quantitative estimate of drug-likeness (QED) is 0.442. The molecule has 1 aromatic carbocycles. The van der Waals surface area contributed by atoms with Crippen LogP contribution in [0.5, 0.6) is 0 Å². The Hall–Kier alpha value is -0.750. The molecule has 104 valence electrons. The van der Waals surface area contributed by atoms with Crippen LogP contribution < -0.4 is 0 Å². The van der Waals surface area contributed by atoms with Crippen LogP contribution in [0.4, 0.5) is 0 Å². The van der Waals surface area contributed by atoms with Crippen LogP contribution in [0.3, 0.4) is 0 Å². The standard InChI is InChI=1S/C7H9O3P.C4H10O3/c8-11(9,10)6-7-4-2-1-3-5-7;5-1-3-7-4-2-6/h1-5H,6H2,(H2,8,9,10);5-6H,1-4H2. The van der Waals surface area contributed by atoms with Crippen LogP contribution in [0.15, 0.2) is 30.3 Å². The van der Waals surface area contributed by atoms with E-state index in [4.69, 9.17) is 20.0 Å². The summed E-state index contributed by atoms with van der Waals surface area (Å²) in [6.07, 6.45) is -0.173. The van der Waals surface area contributed by atoms with Crippen LogP contribution >= 0.6 is 7.60 Å². The second-order valence-corrected chi connectivity index (χ2v) is 5.01. The molecule has 0 radical (unpaired) electrons. The average Bonchev–Trinajstić information content (AvgIpc) is 2.30. The molecule has 0 aliphatic carbocycles. The van der Waals surface area contributed by atoms with Crippen LogP contribution in [-0.2, 0) is 15.5 Å². The van der Waals surface area contributed by atoms with Gasteiger partial charge in [-0.05, 0) is 5.56 Å². The molecule has 0 bridgehead atoms. The predicted octanol–water partition coefficient (Wildman–Crippen LogP) is 0.352. The van der Waals surface area contributed by atoms with E-state index in [1.165, 1.54) is 0 Å². The predicted molar refractivity (Wildman–Crippen MR) is 67.2 cm³/mol. The van der Waals surface area contributed by atoms with E-state index in [2.05, 4.69) is 4.74 Å². The summed E-state index contributed by atoms with van der Waals surface area (Å²) in [4.78, 5) is 17.2. The van der Waals surface area contributed by atoms with Gasteiger partial charge in [0.1, 0.15) is 0 Å². The Balaban J connectivity index is 0.000000360. The lowest BCUT2D eigenvalue weighted by Crippen LogP contribution is -2.03. The van der Waals surface area contributed by atoms with Crippen molar-refractivity contribution in [3.8, 4) is 0 Å². The SMILES string of the molecule is O=P(O)(O)Cc1ccccc1.OCCOCCO. The van der Waals surface area contributed by atoms with Crippen LogP contribution in [0.2, 0.25) is 0 Å². The normalized spacial score (nSPS) is 10.7. The van der Waals surface area contributed by atoms with Gasteiger partial charge < -0.3 is 24.7 Å². The number of ether oxygens (including phenoxy) is 1. The molecule has 0 spiro atoms. The lowest BCUT2D eigenvalue weighted by molar-refractivity contribution is 0.0650. The summed E-state index contributed by atoms with van der Waals surface area (Å²) in [6.45, 7) is 0.696. The zero-order chi connectivity index (χ0) is 13.9. The summed E-state index contributed by atoms with van der Waals surface area (Å²) in [6, 6.07) is 8.71. The van der Waals surface area contributed by atoms with E-state index >= 15 is 0 Å². The smallest absolute Gasteiger partial charge is 0.329 e. The number of aliphatic hydroxyl groups excluding tert-OH is 2. The van der Waals surface area contributed by atoms with E-state index in [1.54, 1.807) is 24.3 Å². The van der Waals surface area contributed by atoms with E-state index in [9.17, 15) is 4.57 Å². The maximum Gasteiger partial charge on any atom is 0.329 e. The molecule has 0 aromatic heterocycles. The molecular weight excluding hydrogens is 259 g/mol. The second kappa shape index (κ2) is 10.2. The van der Waals surface area contributed by atoms with Crippen molar-refractivity contribution in [2.24, 2.45) is 0 Å². The number of rotatable bonds is 6. The number of hydrogen-bond donors (Lipinski definition) is 4. The number of benzene rings is 1. The molecule has 0 heterocycles. The highest BCUT2D eigenvalue weighted by molar-refractivity contribution is 7.50. The first-order chi connectivity index (χ1) is 8.49. The fourth-order valence-electron chi connectivity index (χ4n) is 1.05. The van der Waals surface area contributed by atoms with Crippen molar-refractivity contribution < 1.29 is 29.3 Å². The maximum absolute atomic E-state index is 10.5. The fourth-order valence-corrected chi connectivity index (χ4v) is 1.74. The van der Waals surface area contributed by atoms with Crippen molar-refractivity contribution in [1.82, 2.24) is 0 Å². The summed E-state index contributed by atoms with van der Waals surface area (Å²) in [5.74, 6) is 0. The third kappa shape index (κ3) is 11.7. The molecule has 0 fully saturated rings. The van der Waals surface area contributed by atoms with Gasteiger partial charge in [-0.1, -0.05) is 30.3 Å². The first-order valence-corrected chi connectivity index (χ1v) is 7.17. The Morgan fingerprint density at radius 2 is 1.50 bits per heavy atom. The number of hydrogen-bond acceptors (Lipinski definition) is 4. The fraction of sp³-hybridized carbons (Fsp3) is 0.455. The molecule has 0 unspecified atom stereocenters. The van der Waals surface area contributed by atoms with Gasteiger partial charge in [0, 0.05) is 0 Å². The Morgan fingerprint density at radius 3 is 1.89 bits per heavy atom. The Morgan fingerprint density at radius 1 is 1.00 bits per heavy atom. The van der Waals surface area contributed by atoms with Gasteiger partial charge in [0.25, 0.3) is 0 Å². The van der Waals surface area contributed by atoms with Gasteiger partial charge in [0.05, 0.1) is 32.6 Å². The maximum atomic E-state index is 10.5. The lowest BCUT2D eigenvalue weighted by Gasteiger charge is -2.01. The van der Waals surface area contributed by atoms with Gasteiger partial charge in [0.2, 0.25) is 0 Å². The summed E-state index contributed by atoms with van der Waals surface area (Å²) >= 11 is 0. The molecule has 4 N–H and O–H groups in total. The van der Waals surface area contributed by atoms with Crippen LogP contribution in [0.1, 0.15) is 5.56 Å². The highest BCUT2D eigenvalue weighted by Gasteiger charge is 2.12. The zero-order valence-corrected chi connectivity index (χ0v) is 10.9. The first-order valence-electron chi connectivity index (χ1n) is 5.37. The van der Waals surface area contributed by atoms with Crippen molar-refractivity contribution in [2.75, 3.05) is 26.4 Å². The topological polar surface area (TPSA) is 107 Å². The highest BCUT2D eigenvalue weighted by Crippen LogP contribution is 2.38. The summed E-state index contributed by atoms with van der Waals surface area (Å²) in [5, 5.41) is 16.2. The average molecular weight is 278 g/mol. The molecule has 0 saturated carbocycles. The molecular formula is C11H19O6P. The molecule has 1 aromatic rings. The van der Waals surface area contributed by atoms with Crippen molar-refractivity contribution >= 4 is 7.60 Å². The van der Waals surface area contributed by atoms with Gasteiger partial charge >= 0.3 is 7.60 Å². The monoisotopic (exact) mass is 278 g/mol. The zero-order valence-electron chi connectivity index (χ0n) is 9.97. The molecule has 7 heteroatoms. The van der Waals surface area contributed by atoms with Crippen LogP contribution in [-0.4, -0.2) is 46.4 Å². The molecule has 1 rings (SSSR count). The molecule has 6 nitrogen and oxygen atoms in total. The third-order valence-corrected chi connectivity index (χ3v) is 2.48. The van der Waals surface area contributed by atoms with Crippen molar-refractivity contribution in [3.05, 3.63) is 35.9 Å². The van der Waals surface area contributed by atoms with Crippen molar-refractivity contribution in [1.29, 1.82) is 0 Å². The van der Waals surface area contributed by atoms with Crippen molar-refractivity contribution in [2.45, 2.75) is 6.16 Å². The Bertz CT molecular complexity index is 333. The van der Waals surface area contributed by atoms with Gasteiger partial charge in [-0.2, -0.15) is 0 Å². The van der Waals surface area contributed by atoms with E-state index in [1.807, 2.05) is 6.07 Å². The van der Waals surface area contributed by atoms with Gasteiger partial charge in [0.15, 0.2) is 0 Å². The van der Waals surface area contributed by atoms with E-state index in [-0.39, 0.29) is 19.4 Å². The molecule has 0 aliphatic rings. The van der Waals surface area contributed by atoms with E-state index < -0.39 is 7.60 Å². The van der Waals surface area contributed by atoms with Gasteiger partial charge in [-0.15, -0.1) is 0 Å². The largest absolute Gasteiger partial charge is 0.394 e. The number of aliphatic hydroxyl groups is 2. The van der Waals surface area contributed by atoms with Crippen LogP contribution in [0.25, 0.3) is 0 Å². The van der Waals surface area contributed by atoms with Crippen LogP contribution in [0, 0.1) is 0 Å². The molecule has 0 amide bonds. The van der Waals surface area contributed by atoms with Crippen molar-refractivity contribution in [3.63, 3.8) is 0 Å². The Kier molecular flexibility index (Phi) is 9.77. The van der Waals surface area contributed by atoms with E-state index in [0.717, 1.165) is 0 Å². The third-order valence-electron chi connectivity index (χ3n) is 1.70. The van der Waals surface area contributed by atoms with Gasteiger partial charge in [-0.25, -0.2) is 0 Å². The second-order valence-electron chi connectivity index (χ2n) is 3.37. The Labute approximate surface area is 106 Å². The minimum Gasteiger partial charge on any atom is -0.394 e. The highest BCUT2D eigenvalue weighted by atomic mass is 31.2. The minimum atomic E-state index is -3.89. The lowest BCUT2D eigenvalue weighted by atomic mass is 10.2. The summed E-state index contributed by atoms with van der Waals surface area (Å²) in [5.41, 5.74) is 0.667. The molecule has 18 heavy (non-hydrogen) atoms. The summed E-state index contributed by atoms with van der Waals surface area (Å²) < 4.78 is 15.1. The minimum absolute atomic E-state index is 0.0278. The van der Waals surface area contributed by atoms with Gasteiger partial charge in [-0.3, -0.25) is 4.57 Å². The van der Waals surface area contributed by atoms with E-state index in [0.29, 0.717) is 18.8 Å². The molecule has 0 atom stereocenters.